The number of carbonyl (C=O) groups excluding carboxylic acids is 2. The molecular formula is C5H10N2O4. The molecule has 0 radical (unpaired) electrons. The van der Waals surface area contributed by atoms with E-state index in [2.05, 4.69) is 22.8 Å². The van der Waals surface area contributed by atoms with Crippen LogP contribution in [-0.2, 0) is 9.53 Å². The van der Waals surface area contributed by atoms with Crippen LogP contribution in [0.5, 0.6) is 0 Å². The monoisotopic (exact) mass is 162 g/mol. The van der Waals surface area contributed by atoms with Crippen LogP contribution in [0.1, 0.15) is 0 Å². The molecule has 0 unspecified atom stereocenters. The molecule has 64 valence electrons. The second-order valence-corrected chi connectivity index (χ2v) is 1.20. The molecule has 11 heavy (non-hydrogen) atoms. The van der Waals surface area contributed by atoms with E-state index >= 15 is 0 Å². The average Bonchev–Trinajstić information content (AvgIpc) is 1.87. The molecule has 0 aliphatic carbocycles. The minimum absolute atomic E-state index is 0.579. The summed E-state index contributed by atoms with van der Waals surface area (Å²) in [6.07, 6.45) is 0.982. The second-order valence-electron chi connectivity index (χ2n) is 1.20. The molecule has 0 aromatic rings. The summed E-state index contributed by atoms with van der Waals surface area (Å²) in [4.78, 5) is 18.9. The third-order valence-corrected chi connectivity index (χ3v) is 0.373. The van der Waals surface area contributed by atoms with Gasteiger partial charge in [0.2, 0.25) is 0 Å². The van der Waals surface area contributed by atoms with Crippen LogP contribution in [0.4, 0.5) is 4.79 Å². The van der Waals surface area contributed by atoms with Gasteiger partial charge in [0, 0.05) is 6.08 Å². The van der Waals surface area contributed by atoms with Crippen LogP contribution >= 0.6 is 0 Å². The van der Waals surface area contributed by atoms with Crippen LogP contribution in [0.3, 0.4) is 0 Å². The van der Waals surface area contributed by atoms with Gasteiger partial charge in [-0.2, -0.15) is 0 Å². The highest BCUT2D eigenvalue weighted by molar-refractivity contribution is 5.81. The van der Waals surface area contributed by atoms with Crippen LogP contribution in [0.2, 0.25) is 0 Å². The topological polar surface area (TPSA) is 116 Å². The van der Waals surface area contributed by atoms with Gasteiger partial charge in [-0.1, -0.05) is 6.58 Å². The summed E-state index contributed by atoms with van der Waals surface area (Å²) in [5.74, 6) is -0.609. The predicted octanol–water partition coefficient (Wildman–Crippen LogP) is -1.31. The third kappa shape index (κ3) is 29.6. The molecule has 0 spiro atoms. The second kappa shape index (κ2) is 8.44. The number of ether oxygens (including phenoxy) is 1. The number of primary amides is 2. The molecule has 0 aliphatic heterocycles. The van der Waals surface area contributed by atoms with Crippen LogP contribution in [0.15, 0.2) is 12.7 Å². The maximum atomic E-state index is 9.91. The molecule has 0 aliphatic rings. The van der Waals surface area contributed by atoms with E-state index in [1.807, 2.05) is 0 Å². The molecule has 0 saturated carbocycles. The van der Waals surface area contributed by atoms with Crippen molar-refractivity contribution < 1.29 is 19.4 Å². The molecule has 0 bridgehead atoms. The molecule has 0 aromatic carbocycles. The number of hydrogen-bond acceptors (Lipinski definition) is 4. The number of aliphatic hydroxyl groups is 1. The quantitative estimate of drug-likeness (QED) is 0.265. The van der Waals surface area contributed by atoms with E-state index < -0.39 is 18.8 Å². The van der Waals surface area contributed by atoms with Crippen molar-refractivity contribution in [1.82, 2.24) is 0 Å². The predicted molar refractivity (Wildman–Crippen MR) is 37.1 cm³/mol. The zero-order valence-electron chi connectivity index (χ0n) is 5.82. The Morgan fingerprint density at radius 1 is 1.55 bits per heavy atom. The Kier molecular flexibility index (Phi) is 9.32. The third-order valence-electron chi connectivity index (χ3n) is 0.373. The SMILES string of the molecule is C=CC(=O)OCO.NC(N)=O. The van der Waals surface area contributed by atoms with E-state index in [4.69, 9.17) is 9.90 Å². The van der Waals surface area contributed by atoms with Crippen molar-refractivity contribution in [2.24, 2.45) is 11.5 Å². The number of nitrogens with two attached hydrogens (primary N) is 2. The smallest absolute Gasteiger partial charge is 0.332 e. The van der Waals surface area contributed by atoms with E-state index in [1.54, 1.807) is 0 Å². The lowest BCUT2D eigenvalue weighted by atomic mass is 10.7. The van der Waals surface area contributed by atoms with E-state index in [-0.39, 0.29) is 0 Å². The number of carbonyl (C=O) groups is 2. The molecule has 2 amide bonds. The lowest BCUT2D eigenvalue weighted by molar-refractivity contribution is -0.145. The molecule has 0 rings (SSSR count). The summed E-state index contributed by atoms with van der Waals surface area (Å²) in [5.41, 5.74) is 8.50. The number of esters is 1. The van der Waals surface area contributed by atoms with E-state index in [0.717, 1.165) is 6.08 Å². The Hall–Kier alpha value is -1.56. The zero-order chi connectivity index (χ0) is 9.28. The first kappa shape index (κ1) is 12.1. The minimum atomic E-state index is -0.833. The largest absolute Gasteiger partial charge is 0.436 e. The molecule has 0 atom stereocenters. The van der Waals surface area contributed by atoms with E-state index in [0.29, 0.717) is 0 Å². The molecule has 0 aromatic heterocycles. The molecular weight excluding hydrogens is 152 g/mol. The van der Waals surface area contributed by atoms with Crippen molar-refractivity contribution in [2.75, 3.05) is 6.79 Å². The Morgan fingerprint density at radius 2 is 1.91 bits per heavy atom. The van der Waals surface area contributed by atoms with Crippen molar-refractivity contribution >= 4 is 12.0 Å². The van der Waals surface area contributed by atoms with Gasteiger partial charge in [-0.3, -0.25) is 0 Å². The average molecular weight is 162 g/mol. The summed E-state index contributed by atoms with van der Waals surface area (Å²) in [6, 6.07) is -0.833. The fourth-order valence-corrected chi connectivity index (χ4v) is 0.123. The van der Waals surface area contributed by atoms with Gasteiger partial charge in [0.25, 0.3) is 0 Å². The maximum Gasteiger partial charge on any atom is 0.332 e. The van der Waals surface area contributed by atoms with Crippen molar-refractivity contribution in [3.8, 4) is 0 Å². The Labute approximate surface area is 63.4 Å². The van der Waals surface area contributed by atoms with Crippen LogP contribution < -0.4 is 11.5 Å². The van der Waals surface area contributed by atoms with Gasteiger partial charge in [-0.05, 0) is 0 Å². The minimum Gasteiger partial charge on any atom is -0.436 e. The fourth-order valence-electron chi connectivity index (χ4n) is 0.123. The van der Waals surface area contributed by atoms with Gasteiger partial charge in [0.1, 0.15) is 0 Å². The lowest BCUT2D eigenvalue weighted by Crippen LogP contribution is -2.18. The van der Waals surface area contributed by atoms with Gasteiger partial charge < -0.3 is 21.3 Å². The highest BCUT2D eigenvalue weighted by Gasteiger charge is 1.87. The molecule has 0 fully saturated rings. The van der Waals surface area contributed by atoms with Crippen LogP contribution in [0, 0.1) is 0 Å². The van der Waals surface area contributed by atoms with Gasteiger partial charge in [0.05, 0.1) is 0 Å². The van der Waals surface area contributed by atoms with Crippen molar-refractivity contribution in [1.29, 1.82) is 0 Å². The Morgan fingerprint density at radius 3 is 2.00 bits per heavy atom. The Balaban J connectivity index is 0. The summed E-state index contributed by atoms with van der Waals surface area (Å²) in [5, 5.41) is 7.88. The van der Waals surface area contributed by atoms with Gasteiger partial charge in [-0.25, -0.2) is 9.59 Å². The zero-order valence-corrected chi connectivity index (χ0v) is 5.82. The molecule has 0 saturated heterocycles. The highest BCUT2D eigenvalue weighted by Crippen LogP contribution is 1.72. The number of urea groups is 1. The Bertz CT molecular complexity index is 141. The van der Waals surface area contributed by atoms with Crippen LogP contribution in [-0.4, -0.2) is 23.9 Å². The van der Waals surface area contributed by atoms with E-state index in [9.17, 15) is 4.79 Å². The van der Waals surface area contributed by atoms with Gasteiger partial charge in [-0.15, -0.1) is 0 Å². The first-order valence-corrected chi connectivity index (χ1v) is 2.49. The highest BCUT2D eigenvalue weighted by atomic mass is 16.6. The number of hydrogen-bond donors (Lipinski definition) is 3. The summed E-state index contributed by atoms with van der Waals surface area (Å²) in [7, 11) is 0. The molecule has 6 heteroatoms. The standard InChI is InChI=1S/C4H6O3.CH4N2O/c1-2-4(6)7-3-5;2-1(3)4/h2,5H,1,3H2;(H4,2,3,4). The maximum absolute atomic E-state index is 9.91. The number of amides is 2. The van der Waals surface area contributed by atoms with Gasteiger partial charge >= 0.3 is 12.0 Å². The van der Waals surface area contributed by atoms with Crippen molar-refractivity contribution in [2.45, 2.75) is 0 Å². The molecule has 6 nitrogen and oxygen atoms in total. The molecule has 0 heterocycles. The van der Waals surface area contributed by atoms with Crippen molar-refractivity contribution in [3.63, 3.8) is 0 Å². The van der Waals surface area contributed by atoms with Crippen LogP contribution in [0.25, 0.3) is 0 Å². The van der Waals surface area contributed by atoms with Crippen molar-refractivity contribution in [3.05, 3.63) is 12.7 Å². The molecule has 5 N–H and O–H groups in total. The first-order chi connectivity index (χ1) is 5.04. The summed E-state index contributed by atoms with van der Waals surface area (Å²) in [6.45, 7) is 2.52. The first-order valence-electron chi connectivity index (χ1n) is 2.49. The van der Waals surface area contributed by atoms with E-state index in [1.165, 1.54) is 0 Å². The normalized spacial score (nSPS) is 7.00. The number of aliphatic hydroxyl groups excluding tert-OH is 1. The summed E-state index contributed by atoms with van der Waals surface area (Å²) >= 11 is 0. The lowest BCUT2D eigenvalue weighted by Gasteiger charge is -1.89. The number of rotatable bonds is 2. The fraction of sp³-hybridized carbons (Fsp3) is 0.200. The van der Waals surface area contributed by atoms with Gasteiger partial charge in [0.15, 0.2) is 6.79 Å². The summed E-state index contributed by atoms with van der Waals surface area (Å²) < 4.78 is 3.99.